The molecule has 2 N–H and O–H groups in total. The number of nitrogen functional groups attached to an aromatic ring is 1. The van der Waals surface area contributed by atoms with Crippen LogP contribution in [-0.2, 0) is 10.0 Å². The first kappa shape index (κ1) is 8.33. The molecular weight excluding hydrogens is 192 g/mol. The van der Waals surface area contributed by atoms with E-state index in [1.807, 2.05) is 0 Å². The summed E-state index contributed by atoms with van der Waals surface area (Å²) in [5, 5.41) is 0. The molecule has 0 spiro atoms. The number of hydrogen-bond acceptors (Lipinski definition) is 4. The van der Waals surface area contributed by atoms with Gasteiger partial charge in [0, 0.05) is 12.7 Å². The summed E-state index contributed by atoms with van der Waals surface area (Å²) in [6, 6.07) is 4.51. The van der Waals surface area contributed by atoms with E-state index in [2.05, 4.69) is 0 Å². The summed E-state index contributed by atoms with van der Waals surface area (Å²) in [5.41, 5.74) is 5.86. The SMILES string of the molecule is CN1Oc2ccc(N)cc2S1(=O)=O. The van der Waals surface area contributed by atoms with Gasteiger partial charge in [0.05, 0.1) is 0 Å². The van der Waals surface area contributed by atoms with Crippen molar-refractivity contribution < 1.29 is 13.3 Å². The third-order valence-corrected chi connectivity index (χ3v) is 3.44. The van der Waals surface area contributed by atoms with Gasteiger partial charge in [0.2, 0.25) is 0 Å². The molecular formula is C7H8N2O3S. The molecule has 0 amide bonds. The van der Waals surface area contributed by atoms with E-state index in [0.717, 1.165) is 4.47 Å². The van der Waals surface area contributed by atoms with Crippen molar-refractivity contribution >= 4 is 15.7 Å². The Morgan fingerprint density at radius 2 is 2.15 bits per heavy atom. The molecule has 1 aromatic carbocycles. The van der Waals surface area contributed by atoms with E-state index >= 15 is 0 Å². The average molecular weight is 200 g/mol. The molecule has 0 saturated heterocycles. The molecule has 0 bridgehead atoms. The van der Waals surface area contributed by atoms with Crippen LogP contribution in [0.15, 0.2) is 23.1 Å². The topological polar surface area (TPSA) is 72.6 Å². The lowest BCUT2D eigenvalue weighted by atomic mass is 10.3. The zero-order valence-corrected chi connectivity index (χ0v) is 7.71. The van der Waals surface area contributed by atoms with E-state index in [1.165, 1.54) is 19.2 Å². The molecule has 1 aliphatic heterocycles. The molecule has 70 valence electrons. The number of fused-ring (bicyclic) bond motifs is 1. The third kappa shape index (κ3) is 1.06. The van der Waals surface area contributed by atoms with Gasteiger partial charge in [0.1, 0.15) is 4.90 Å². The summed E-state index contributed by atoms with van der Waals surface area (Å²) in [7, 11) is -2.14. The highest BCUT2D eigenvalue weighted by atomic mass is 32.2. The Morgan fingerprint density at radius 3 is 2.85 bits per heavy atom. The minimum absolute atomic E-state index is 0.120. The first-order valence-electron chi connectivity index (χ1n) is 3.58. The van der Waals surface area contributed by atoms with Gasteiger partial charge in [-0.2, -0.15) is 0 Å². The minimum Gasteiger partial charge on any atom is -0.399 e. The monoisotopic (exact) mass is 200 g/mol. The Bertz CT molecular complexity index is 455. The van der Waals surface area contributed by atoms with Crippen molar-refractivity contribution in [2.75, 3.05) is 12.8 Å². The van der Waals surface area contributed by atoms with Crippen LogP contribution in [0, 0.1) is 0 Å². The quantitative estimate of drug-likeness (QED) is 0.607. The maximum atomic E-state index is 11.5. The summed E-state index contributed by atoms with van der Waals surface area (Å²) in [6.45, 7) is 0. The summed E-state index contributed by atoms with van der Waals surface area (Å²) in [5.74, 6) is 0.316. The van der Waals surface area contributed by atoms with Crippen LogP contribution in [-0.4, -0.2) is 19.9 Å². The van der Waals surface area contributed by atoms with Gasteiger partial charge < -0.3 is 10.6 Å². The van der Waals surface area contributed by atoms with Gasteiger partial charge in [0.25, 0.3) is 10.0 Å². The lowest BCUT2D eigenvalue weighted by Crippen LogP contribution is -2.22. The fraction of sp³-hybridized carbons (Fsp3) is 0.143. The van der Waals surface area contributed by atoms with Gasteiger partial charge in [-0.3, -0.25) is 0 Å². The van der Waals surface area contributed by atoms with Gasteiger partial charge in [-0.05, 0) is 22.7 Å². The molecule has 0 saturated carbocycles. The normalized spacial score (nSPS) is 19.5. The van der Waals surface area contributed by atoms with E-state index in [-0.39, 0.29) is 4.90 Å². The van der Waals surface area contributed by atoms with Crippen molar-refractivity contribution in [3.63, 3.8) is 0 Å². The number of sulfonamides is 1. The second-order valence-corrected chi connectivity index (χ2v) is 4.62. The molecule has 0 atom stereocenters. The fourth-order valence-electron chi connectivity index (χ4n) is 1.13. The Kier molecular flexibility index (Phi) is 1.52. The van der Waals surface area contributed by atoms with Crippen molar-refractivity contribution in [2.45, 2.75) is 4.90 Å². The van der Waals surface area contributed by atoms with E-state index in [9.17, 15) is 8.42 Å². The highest BCUT2D eigenvalue weighted by Gasteiger charge is 2.34. The van der Waals surface area contributed by atoms with Gasteiger partial charge in [-0.1, -0.05) is 0 Å². The molecule has 1 aromatic rings. The number of hydrogen-bond donors (Lipinski definition) is 1. The highest BCUT2D eigenvalue weighted by molar-refractivity contribution is 7.89. The Morgan fingerprint density at radius 1 is 1.46 bits per heavy atom. The Hall–Kier alpha value is -1.27. The number of hydroxylamine groups is 1. The molecule has 0 radical (unpaired) electrons. The number of nitrogens with zero attached hydrogens (tertiary/aromatic N) is 1. The molecule has 13 heavy (non-hydrogen) atoms. The first-order valence-corrected chi connectivity index (χ1v) is 5.02. The number of rotatable bonds is 0. The first-order chi connectivity index (χ1) is 6.01. The van der Waals surface area contributed by atoms with Crippen LogP contribution in [0.25, 0.3) is 0 Å². The predicted octanol–water partition coefficient (Wildman–Crippen LogP) is 0.197. The molecule has 5 nitrogen and oxygen atoms in total. The molecule has 0 aromatic heterocycles. The van der Waals surface area contributed by atoms with E-state index in [4.69, 9.17) is 10.6 Å². The lowest BCUT2D eigenvalue weighted by Gasteiger charge is -2.03. The van der Waals surface area contributed by atoms with Gasteiger partial charge in [0.15, 0.2) is 5.75 Å². The Balaban J connectivity index is 2.71. The van der Waals surface area contributed by atoms with Crippen molar-refractivity contribution in [3.05, 3.63) is 18.2 Å². The second kappa shape index (κ2) is 2.36. The maximum Gasteiger partial charge on any atom is 0.277 e. The van der Waals surface area contributed by atoms with Crippen LogP contribution in [0.1, 0.15) is 0 Å². The van der Waals surface area contributed by atoms with Crippen LogP contribution in [0.4, 0.5) is 5.69 Å². The van der Waals surface area contributed by atoms with Crippen LogP contribution in [0.5, 0.6) is 5.75 Å². The van der Waals surface area contributed by atoms with E-state index in [1.54, 1.807) is 6.07 Å². The third-order valence-electron chi connectivity index (χ3n) is 1.81. The summed E-state index contributed by atoms with van der Waals surface area (Å²) in [4.78, 5) is 5.09. The van der Waals surface area contributed by atoms with E-state index in [0.29, 0.717) is 11.4 Å². The molecule has 1 aliphatic rings. The molecule has 0 unspecified atom stereocenters. The Labute approximate surface area is 75.7 Å². The average Bonchev–Trinajstić information content (AvgIpc) is 2.27. The van der Waals surface area contributed by atoms with Crippen molar-refractivity contribution in [1.29, 1.82) is 0 Å². The summed E-state index contributed by atoms with van der Waals surface area (Å²) in [6.07, 6.45) is 0. The summed E-state index contributed by atoms with van der Waals surface area (Å²) < 4.78 is 23.8. The van der Waals surface area contributed by atoms with Crippen molar-refractivity contribution in [1.82, 2.24) is 4.47 Å². The van der Waals surface area contributed by atoms with Crippen LogP contribution in [0.2, 0.25) is 0 Å². The smallest absolute Gasteiger partial charge is 0.277 e. The van der Waals surface area contributed by atoms with Crippen LogP contribution < -0.4 is 10.6 Å². The van der Waals surface area contributed by atoms with Gasteiger partial charge in [-0.15, -0.1) is 0 Å². The van der Waals surface area contributed by atoms with Crippen LogP contribution in [0.3, 0.4) is 0 Å². The van der Waals surface area contributed by atoms with Gasteiger partial charge >= 0.3 is 0 Å². The number of nitrogens with two attached hydrogens (primary N) is 1. The predicted molar refractivity (Wildman–Crippen MR) is 46.4 cm³/mol. The standard InChI is InChI=1S/C7H8N2O3S/c1-9-12-6-3-2-5(8)4-7(6)13(9,10)11/h2-4H,8H2,1H3. The number of anilines is 1. The largest absolute Gasteiger partial charge is 0.399 e. The molecule has 2 rings (SSSR count). The van der Waals surface area contributed by atoms with Crippen molar-refractivity contribution in [2.24, 2.45) is 0 Å². The van der Waals surface area contributed by atoms with E-state index < -0.39 is 10.0 Å². The zero-order chi connectivity index (χ0) is 9.64. The number of benzene rings is 1. The summed E-state index contributed by atoms with van der Waals surface area (Å²) >= 11 is 0. The highest BCUT2D eigenvalue weighted by Crippen LogP contribution is 2.34. The zero-order valence-electron chi connectivity index (χ0n) is 6.89. The molecule has 6 heteroatoms. The second-order valence-electron chi connectivity index (χ2n) is 2.71. The fourth-order valence-corrected chi connectivity index (χ4v) is 2.23. The lowest BCUT2D eigenvalue weighted by molar-refractivity contribution is 0.0769. The molecule has 0 aliphatic carbocycles. The maximum absolute atomic E-state index is 11.5. The van der Waals surface area contributed by atoms with Crippen LogP contribution >= 0.6 is 0 Å². The van der Waals surface area contributed by atoms with Crippen molar-refractivity contribution in [3.8, 4) is 5.75 Å². The molecule has 1 heterocycles. The van der Waals surface area contributed by atoms with Gasteiger partial charge in [-0.25, -0.2) is 8.42 Å². The minimum atomic E-state index is -3.48. The molecule has 0 fully saturated rings.